The molecule has 0 saturated carbocycles. The van der Waals surface area contributed by atoms with Gasteiger partial charge in [-0.2, -0.15) is 0 Å². The maximum absolute atomic E-state index is 12.4. The number of aliphatic imine (C=N–C) groups is 1. The minimum Gasteiger partial charge on any atom is -0.364 e. The zero-order valence-corrected chi connectivity index (χ0v) is 19.3. The molecule has 2 aliphatic heterocycles. The summed E-state index contributed by atoms with van der Waals surface area (Å²) in [5.41, 5.74) is 0.969. The molecule has 2 aliphatic rings. The van der Waals surface area contributed by atoms with Gasteiger partial charge in [-0.1, -0.05) is 12.1 Å². The Morgan fingerprint density at radius 2 is 2.07 bits per heavy atom. The molecule has 2 fully saturated rings. The predicted molar refractivity (Wildman–Crippen MR) is 120 cm³/mol. The van der Waals surface area contributed by atoms with Crippen LogP contribution in [0.2, 0.25) is 0 Å². The van der Waals surface area contributed by atoms with Gasteiger partial charge in [0, 0.05) is 71.9 Å². The topological polar surface area (TPSA) is 77.2 Å². The molecule has 1 N–H and O–H groups in total. The number of nitrogens with one attached hydrogen (secondary N) is 1. The summed E-state index contributed by atoms with van der Waals surface area (Å²) in [6, 6.07) is 1.91. The second-order valence-corrected chi connectivity index (χ2v) is 7.57. The Morgan fingerprint density at radius 3 is 2.71 bits per heavy atom. The number of likely N-dealkylation sites (tertiary alicyclic amines) is 1. The Labute approximate surface area is 184 Å². The molecule has 1 aromatic heterocycles. The Balaban J connectivity index is 0.00000280. The third-order valence-electron chi connectivity index (χ3n) is 5.39. The first-order valence-corrected chi connectivity index (χ1v) is 10.0. The third-order valence-corrected chi connectivity index (χ3v) is 5.39. The van der Waals surface area contributed by atoms with E-state index in [4.69, 9.17) is 4.52 Å². The van der Waals surface area contributed by atoms with E-state index in [-0.39, 0.29) is 29.9 Å². The van der Waals surface area contributed by atoms with Gasteiger partial charge in [-0.3, -0.25) is 14.7 Å². The van der Waals surface area contributed by atoms with Crippen molar-refractivity contribution >= 4 is 35.8 Å². The van der Waals surface area contributed by atoms with Crippen molar-refractivity contribution in [1.82, 2.24) is 25.2 Å². The van der Waals surface area contributed by atoms with E-state index in [9.17, 15) is 4.79 Å². The Morgan fingerprint density at radius 1 is 1.29 bits per heavy atom. The van der Waals surface area contributed by atoms with E-state index in [0.29, 0.717) is 18.9 Å². The van der Waals surface area contributed by atoms with Crippen molar-refractivity contribution in [3.63, 3.8) is 0 Å². The SMILES string of the molecule is CN=C(NCCC(=O)N1CCCC(C)C1)N1CCN(Cc2ccon2)CC1.I. The first-order valence-electron chi connectivity index (χ1n) is 10.0. The number of hydrogen-bond donors (Lipinski definition) is 1. The van der Waals surface area contributed by atoms with Crippen molar-refractivity contribution in [1.29, 1.82) is 0 Å². The quantitative estimate of drug-likeness (QED) is 0.373. The average Bonchev–Trinajstić information content (AvgIpc) is 3.19. The van der Waals surface area contributed by atoms with Crippen molar-refractivity contribution in [2.75, 3.05) is 52.9 Å². The van der Waals surface area contributed by atoms with Crippen LogP contribution in [0, 0.1) is 5.92 Å². The number of piperidine rings is 1. The Kier molecular flexibility index (Phi) is 9.49. The van der Waals surface area contributed by atoms with E-state index >= 15 is 0 Å². The highest BCUT2D eigenvalue weighted by Gasteiger charge is 2.22. The summed E-state index contributed by atoms with van der Waals surface area (Å²) < 4.78 is 4.90. The Bertz CT molecular complexity index is 616. The number of aromatic nitrogens is 1. The molecule has 9 heteroatoms. The van der Waals surface area contributed by atoms with Crippen LogP contribution in [0.4, 0.5) is 0 Å². The normalized spacial score (nSPS) is 21.4. The van der Waals surface area contributed by atoms with Crippen LogP contribution >= 0.6 is 24.0 Å². The summed E-state index contributed by atoms with van der Waals surface area (Å²) in [7, 11) is 1.80. The molecule has 0 aliphatic carbocycles. The van der Waals surface area contributed by atoms with Crippen molar-refractivity contribution < 1.29 is 9.32 Å². The van der Waals surface area contributed by atoms with Gasteiger partial charge in [0.15, 0.2) is 5.96 Å². The lowest BCUT2D eigenvalue weighted by molar-refractivity contribution is -0.132. The number of hydrogen-bond acceptors (Lipinski definition) is 5. The van der Waals surface area contributed by atoms with E-state index in [1.54, 1.807) is 13.3 Å². The van der Waals surface area contributed by atoms with Crippen LogP contribution in [-0.4, -0.2) is 84.6 Å². The van der Waals surface area contributed by atoms with E-state index in [1.807, 2.05) is 11.0 Å². The molecule has 0 radical (unpaired) electrons. The van der Waals surface area contributed by atoms with Crippen LogP contribution in [0.3, 0.4) is 0 Å². The number of piperazine rings is 1. The number of guanidine groups is 1. The summed E-state index contributed by atoms with van der Waals surface area (Å²) in [5, 5.41) is 7.34. The summed E-state index contributed by atoms with van der Waals surface area (Å²) in [6.45, 7) is 9.23. The van der Waals surface area contributed by atoms with Gasteiger partial charge in [0.1, 0.15) is 6.26 Å². The highest BCUT2D eigenvalue weighted by molar-refractivity contribution is 14.0. The number of halogens is 1. The smallest absolute Gasteiger partial charge is 0.224 e. The predicted octanol–water partition coefficient (Wildman–Crippen LogP) is 1.63. The lowest BCUT2D eigenvalue weighted by atomic mass is 10.00. The minimum atomic E-state index is 0. The fourth-order valence-corrected chi connectivity index (χ4v) is 3.85. The van der Waals surface area contributed by atoms with Crippen LogP contribution in [-0.2, 0) is 11.3 Å². The third kappa shape index (κ3) is 6.61. The Hall–Kier alpha value is -1.36. The first kappa shape index (κ1) is 22.9. The monoisotopic (exact) mass is 504 g/mol. The van der Waals surface area contributed by atoms with E-state index in [2.05, 4.69) is 32.2 Å². The molecule has 0 aromatic carbocycles. The van der Waals surface area contributed by atoms with Gasteiger partial charge in [0.05, 0.1) is 5.69 Å². The zero-order valence-electron chi connectivity index (χ0n) is 17.0. The summed E-state index contributed by atoms with van der Waals surface area (Å²) in [4.78, 5) is 23.4. The molecule has 1 amide bonds. The summed E-state index contributed by atoms with van der Waals surface area (Å²) >= 11 is 0. The number of rotatable bonds is 5. The fraction of sp³-hybridized carbons (Fsp3) is 0.737. The van der Waals surface area contributed by atoms with Gasteiger partial charge in [0.2, 0.25) is 5.91 Å². The molecular formula is C19H33IN6O2. The van der Waals surface area contributed by atoms with E-state index < -0.39 is 0 Å². The second-order valence-electron chi connectivity index (χ2n) is 7.57. The molecule has 1 unspecified atom stereocenters. The maximum atomic E-state index is 12.4. The van der Waals surface area contributed by atoms with Crippen molar-refractivity contribution in [2.24, 2.45) is 10.9 Å². The van der Waals surface area contributed by atoms with Crippen LogP contribution in [0.1, 0.15) is 31.9 Å². The molecule has 3 heterocycles. The van der Waals surface area contributed by atoms with Crippen LogP contribution < -0.4 is 5.32 Å². The number of amides is 1. The second kappa shape index (κ2) is 11.6. The van der Waals surface area contributed by atoms with Gasteiger partial charge >= 0.3 is 0 Å². The molecule has 8 nitrogen and oxygen atoms in total. The number of carbonyl (C=O) groups is 1. The average molecular weight is 504 g/mol. The molecule has 158 valence electrons. The van der Waals surface area contributed by atoms with Crippen molar-refractivity contribution in [2.45, 2.75) is 32.7 Å². The molecule has 1 aromatic rings. The highest BCUT2D eigenvalue weighted by atomic mass is 127. The first-order chi connectivity index (χ1) is 13.2. The van der Waals surface area contributed by atoms with Crippen LogP contribution in [0.25, 0.3) is 0 Å². The van der Waals surface area contributed by atoms with Gasteiger partial charge < -0.3 is 19.6 Å². The lowest BCUT2D eigenvalue weighted by Crippen LogP contribution is -2.52. The number of carbonyl (C=O) groups excluding carboxylic acids is 1. The highest BCUT2D eigenvalue weighted by Crippen LogP contribution is 2.16. The molecule has 3 rings (SSSR count). The minimum absolute atomic E-state index is 0. The molecule has 2 saturated heterocycles. The fourth-order valence-electron chi connectivity index (χ4n) is 3.85. The largest absolute Gasteiger partial charge is 0.364 e. The van der Waals surface area contributed by atoms with Gasteiger partial charge in [-0.15, -0.1) is 24.0 Å². The van der Waals surface area contributed by atoms with Gasteiger partial charge in [0.25, 0.3) is 0 Å². The zero-order chi connectivity index (χ0) is 19.1. The van der Waals surface area contributed by atoms with Gasteiger partial charge in [-0.25, -0.2) is 0 Å². The van der Waals surface area contributed by atoms with Crippen LogP contribution in [0.15, 0.2) is 21.8 Å². The maximum Gasteiger partial charge on any atom is 0.224 e. The van der Waals surface area contributed by atoms with E-state index in [1.165, 1.54) is 6.42 Å². The summed E-state index contributed by atoms with van der Waals surface area (Å²) in [5.74, 6) is 1.76. The van der Waals surface area contributed by atoms with E-state index in [0.717, 1.165) is 63.9 Å². The molecule has 0 bridgehead atoms. The lowest BCUT2D eigenvalue weighted by Gasteiger charge is -2.36. The standard InChI is InChI=1S/C19H32N6O2.HI/c1-16-4-3-8-25(14-16)18(26)5-7-21-19(20-2)24-11-9-23(10-12-24)15-17-6-13-27-22-17;/h6,13,16H,3-5,7-12,14-15H2,1-2H3,(H,20,21);1H. The van der Waals surface area contributed by atoms with Gasteiger partial charge in [-0.05, 0) is 18.8 Å². The molecule has 1 atom stereocenters. The molecule has 0 spiro atoms. The number of nitrogens with zero attached hydrogens (tertiary/aromatic N) is 5. The molecule has 28 heavy (non-hydrogen) atoms. The summed E-state index contributed by atoms with van der Waals surface area (Å²) in [6.07, 6.45) is 4.50. The van der Waals surface area contributed by atoms with Crippen molar-refractivity contribution in [3.8, 4) is 0 Å². The molecular weight excluding hydrogens is 471 g/mol. The van der Waals surface area contributed by atoms with Crippen molar-refractivity contribution in [3.05, 3.63) is 18.0 Å². The van der Waals surface area contributed by atoms with Crippen LogP contribution in [0.5, 0.6) is 0 Å².